The zero-order valence-corrected chi connectivity index (χ0v) is 13.0. The second-order valence-corrected chi connectivity index (χ2v) is 6.55. The van der Waals surface area contributed by atoms with E-state index < -0.39 is 0 Å². The third-order valence-corrected chi connectivity index (χ3v) is 4.32. The Morgan fingerprint density at radius 2 is 2.14 bits per heavy atom. The van der Waals surface area contributed by atoms with Crippen LogP contribution in [0.15, 0.2) is 34.9 Å². The molecule has 1 atom stereocenters. The van der Waals surface area contributed by atoms with Crippen LogP contribution in [-0.2, 0) is 13.0 Å². The SMILES string of the molecule is CC1(CO)CCCN(Cc2noc(Cc3ccccc3)n2)C1. The molecule has 22 heavy (non-hydrogen) atoms. The van der Waals surface area contributed by atoms with E-state index in [0.29, 0.717) is 18.9 Å². The van der Waals surface area contributed by atoms with Gasteiger partial charge in [-0.15, -0.1) is 0 Å². The van der Waals surface area contributed by atoms with E-state index in [1.165, 1.54) is 5.56 Å². The van der Waals surface area contributed by atoms with Gasteiger partial charge in [0, 0.05) is 18.6 Å². The third kappa shape index (κ3) is 3.72. The van der Waals surface area contributed by atoms with E-state index in [1.54, 1.807) is 0 Å². The van der Waals surface area contributed by atoms with E-state index in [9.17, 15) is 5.11 Å². The molecule has 0 amide bonds. The molecule has 1 aromatic carbocycles. The van der Waals surface area contributed by atoms with Gasteiger partial charge in [-0.25, -0.2) is 0 Å². The highest BCUT2D eigenvalue weighted by atomic mass is 16.5. The van der Waals surface area contributed by atoms with Crippen molar-refractivity contribution in [3.63, 3.8) is 0 Å². The van der Waals surface area contributed by atoms with Crippen LogP contribution in [0.2, 0.25) is 0 Å². The monoisotopic (exact) mass is 301 g/mol. The number of piperidine rings is 1. The van der Waals surface area contributed by atoms with E-state index >= 15 is 0 Å². The molecule has 0 spiro atoms. The first-order valence-corrected chi connectivity index (χ1v) is 7.85. The Kier molecular flexibility index (Phi) is 4.55. The normalized spacial score (nSPS) is 22.8. The molecule has 1 fully saturated rings. The summed E-state index contributed by atoms with van der Waals surface area (Å²) in [6.45, 7) is 4.96. The van der Waals surface area contributed by atoms with Crippen LogP contribution >= 0.6 is 0 Å². The molecule has 0 saturated carbocycles. The van der Waals surface area contributed by atoms with Gasteiger partial charge in [0.25, 0.3) is 0 Å². The van der Waals surface area contributed by atoms with E-state index in [2.05, 4.69) is 34.1 Å². The molecule has 5 nitrogen and oxygen atoms in total. The van der Waals surface area contributed by atoms with Gasteiger partial charge >= 0.3 is 0 Å². The summed E-state index contributed by atoms with van der Waals surface area (Å²) >= 11 is 0. The van der Waals surface area contributed by atoms with Crippen LogP contribution in [0, 0.1) is 5.41 Å². The van der Waals surface area contributed by atoms with Crippen molar-refractivity contribution in [1.29, 1.82) is 0 Å². The van der Waals surface area contributed by atoms with E-state index in [1.807, 2.05) is 18.2 Å². The van der Waals surface area contributed by atoms with Gasteiger partial charge in [0.1, 0.15) is 0 Å². The first-order valence-electron chi connectivity index (χ1n) is 7.85. The van der Waals surface area contributed by atoms with E-state index in [-0.39, 0.29) is 12.0 Å². The smallest absolute Gasteiger partial charge is 0.231 e. The highest BCUT2D eigenvalue weighted by Crippen LogP contribution is 2.29. The Morgan fingerprint density at radius 3 is 2.91 bits per heavy atom. The first-order chi connectivity index (χ1) is 10.7. The average molecular weight is 301 g/mol. The molecule has 1 saturated heterocycles. The predicted molar refractivity (Wildman–Crippen MR) is 83.2 cm³/mol. The molecule has 2 aromatic rings. The lowest BCUT2D eigenvalue weighted by atomic mass is 9.83. The van der Waals surface area contributed by atoms with Crippen LogP contribution in [0.1, 0.15) is 37.0 Å². The van der Waals surface area contributed by atoms with Gasteiger partial charge in [-0.1, -0.05) is 42.4 Å². The highest BCUT2D eigenvalue weighted by Gasteiger charge is 2.30. The molecule has 1 unspecified atom stereocenters. The highest BCUT2D eigenvalue weighted by molar-refractivity contribution is 5.17. The minimum absolute atomic E-state index is 0.00510. The molecule has 1 aliphatic heterocycles. The van der Waals surface area contributed by atoms with Crippen LogP contribution in [0.5, 0.6) is 0 Å². The lowest BCUT2D eigenvalue weighted by Crippen LogP contribution is -2.43. The van der Waals surface area contributed by atoms with Crippen LogP contribution in [0.3, 0.4) is 0 Å². The van der Waals surface area contributed by atoms with Gasteiger partial charge in [0.15, 0.2) is 5.82 Å². The minimum atomic E-state index is -0.00510. The molecule has 5 heteroatoms. The predicted octanol–water partition coefficient (Wildman–Crippen LogP) is 2.25. The van der Waals surface area contributed by atoms with Crippen LogP contribution in [-0.4, -0.2) is 39.8 Å². The van der Waals surface area contributed by atoms with Gasteiger partial charge in [0.2, 0.25) is 5.89 Å². The molecular formula is C17H23N3O2. The van der Waals surface area contributed by atoms with Crippen molar-refractivity contribution in [2.24, 2.45) is 5.41 Å². The summed E-state index contributed by atoms with van der Waals surface area (Å²) in [6, 6.07) is 10.1. The summed E-state index contributed by atoms with van der Waals surface area (Å²) in [5.74, 6) is 1.39. The topological polar surface area (TPSA) is 62.4 Å². The number of benzene rings is 1. The number of aliphatic hydroxyl groups is 1. The molecule has 3 rings (SSSR count). The molecule has 118 valence electrons. The average Bonchev–Trinajstić information content (AvgIpc) is 2.95. The van der Waals surface area contributed by atoms with Gasteiger partial charge in [0.05, 0.1) is 13.0 Å². The summed E-state index contributed by atoms with van der Waals surface area (Å²) < 4.78 is 5.35. The molecular weight excluding hydrogens is 278 g/mol. The van der Waals surface area contributed by atoms with Crippen molar-refractivity contribution < 1.29 is 9.63 Å². The molecule has 1 aromatic heterocycles. The third-order valence-electron chi connectivity index (χ3n) is 4.32. The summed E-state index contributed by atoms with van der Waals surface area (Å²) in [4.78, 5) is 6.79. The van der Waals surface area contributed by atoms with Crippen molar-refractivity contribution in [1.82, 2.24) is 15.0 Å². The van der Waals surface area contributed by atoms with Crippen LogP contribution in [0.4, 0.5) is 0 Å². The number of rotatable bonds is 5. The molecule has 0 bridgehead atoms. The number of likely N-dealkylation sites (tertiary alicyclic amines) is 1. The molecule has 2 heterocycles. The Bertz CT molecular complexity index is 599. The number of aromatic nitrogens is 2. The summed E-state index contributed by atoms with van der Waals surface area (Å²) in [5, 5.41) is 13.6. The van der Waals surface area contributed by atoms with E-state index in [4.69, 9.17) is 4.52 Å². The van der Waals surface area contributed by atoms with Crippen molar-refractivity contribution in [3.05, 3.63) is 47.6 Å². The van der Waals surface area contributed by atoms with Crippen LogP contribution < -0.4 is 0 Å². The maximum atomic E-state index is 9.53. The lowest BCUT2D eigenvalue weighted by molar-refractivity contribution is 0.0414. The molecule has 0 aliphatic carbocycles. The van der Waals surface area contributed by atoms with Gasteiger partial charge < -0.3 is 9.63 Å². The minimum Gasteiger partial charge on any atom is -0.396 e. The zero-order valence-electron chi connectivity index (χ0n) is 13.0. The zero-order chi connectivity index (χ0) is 15.4. The molecule has 1 N–H and O–H groups in total. The Morgan fingerprint density at radius 1 is 1.32 bits per heavy atom. The first kappa shape index (κ1) is 15.2. The Balaban J connectivity index is 1.60. The lowest BCUT2D eigenvalue weighted by Gasteiger charge is -2.38. The van der Waals surface area contributed by atoms with E-state index in [0.717, 1.165) is 31.8 Å². The summed E-state index contributed by atoms with van der Waals surface area (Å²) in [6.07, 6.45) is 2.85. The number of hydrogen-bond donors (Lipinski definition) is 1. The standard InChI is InChI=1S/C17H23N3O2/c1-17(13-21)8-5-9-20(12-17)11-15-18-16(22-19-15)10-14-6-3-2-4-7-14/h2-4,6-7,21H,5,8-13H2,1H3. The van der Waals surface area contributed by atoms with Gasteiger partial charge in [-0.05, 0) is 24.9 Å². The summed E-state index contributed by atoms with van der Waals surface area (Å²) in [7, 11) is 0. The molecule has 1 aliphatic rings. The summed E-state index contributed by atoms with van der Waals surface area (Å²) in [5.41, 5.74) is 1.16. The quantitative estimate of drug-likeness (QED) is 0.918. The molecule has 0 radical (unpaired) electrons. The van der Waals surface area contributed by atoms with Crippen LogP contribution in [0.25, 0.3) is 0 Å². The van der Waals surface area contributed by atoms with Gasteiger partial charge in [-0.3, -0.25) is 4.90 Å². The largest absolute Gasteiger partial charge is 0.396 e. The Labute approximate surface area is 131 Å². The van der Waals surface area contributed by atoms with Crippen molar-refractivity contribution in [2.75, 3.05) is 19.7 Å². The van der Waals surface area contributed by atoms with Crippen molar-refractivity contribution >= 4 is 0 Å². The number of hydrogen-bond acceptors (Lipinski definition) is 5. The van der Waals surface area contributed by atoms with Crippen molar-refractivity contribution in [3.8, 4) is 0 Å². The van der Waals surface area contributed by atoms with Crippen molar-refractivity contribution in [2.45, 2.75) is 32.7 Å². The fourth-order valence-electron chi connectivity index (χ4n) is 3.09. The Hall–Kier alpha value is -1.72. The van der Waals surface area contributed by atoms with Gasteiger partial charge in [-0.2, -0.15) is 4.98 Å². The maximum absolute atomic E-state index is 9.53. The number of nitrogens with zero attached hydrogens (tertiary/aromatic N) is 3. The second-order valence-electron chi connectivity index (χ2n) is 6.55. The maximum Gasteiger partial charge on any atom is 0.231 e. The fraction of sp³-hybridized carbons (Fsp3) is 0.529. The second kappa shape index (κ2) is 6.58. The fourth-order valence-corrected chi connectivity index (χ4v) is 3.09. The number of aliphatic hydroxyl groups excluding tert-OH is 1.